The number of hydrogen-bond donors (Lipinski definition) is 4. The fraction of sp³-hybridized carbons (Fsp3) is 0.300. The predicted octanol–water partition coefficient (Wildman–Crippen LogP) is 2.13. The van der Waals surface area contributed by atoms with Gasteiger partial charge in [0.15, 0.2) is 0 Å². The molecule has 142 valence electrons. The SMILES string of the molecule is COc1ccc(CNC(=O)c2ccc3c(c2)N[C@@H](C(C)(C)O)C(=O)N3)cc1. The Balaban J connectivity index is 1.70. The van der Waals surface area contributed by atoms with Gasteiger partial charge < -0.3 is 25.8 Å². The van der Waals surface area contributed by atoms with E-state index in [2.05, 4.69) is 16.0 Å². The first-order chi connectivity index (χ1) is 12.8. The van der Waals surface area contributed by atoms with Crippen LogP contribution in [0.4, 0.5) is 11.4 Å². The summed E-state index contributed by atoms with van der Waals surface area (Å²) in [7, 11) is 1.60. The molecule has 0 radical (unpaired) electrons. The maximum atomic E-state index is 12.5. The summed E-state index contributed by atoms with van der Waals surface area (Å²) in [5, 5.41) is 18.8. The van der Waals surface area contributed by atoms with E-state index in [9.17, 15) is 14.7 Å². The van der Waals surface area contributed by atoms with E-state index >= 15 is 0 Å². The molecule has 0 saturated carbocycles. The summed E-state index contributed by atoms with van der Waals surface area (Å²) in [6.45, 7) is 3.50. The number of ether oxygens (including phenoxy) is 1. The Bertz CT molecular complexity index is 857. The molecule has 0 unspecified atom stereocenters. The van der Waals surface area contributed by atoms with Crippen molar-refractivity contribution in [1.82, 2.24) is 5.32 Å². The summed E-state index contributed by atoms with van der Waals surface area (Å²) >= 11 is 0. The fourth-order valence-corrected chi connectivity index (χ4v) is 2.87. The normalized spacial score (nSPS) is 16.0. The van der Waals surface area contributed by atoms with Crippen LogP contribution in [-0.2, 0) is 11.3 Å². The summed E-state index contributed by atoms with van der Waals surface area (Å²) in [5.74, 6) is 0.216. The second-order valence-corrected chi connectivity index (χ2v) is 7.01. The van der Waals surface area contributed by atoms with E-state index in [1.165, 1.54) is 0 Å². The van der Waals surface area contributed by atoms with E-state index < -0.39 is 11.6 Å². The number of anilines is 2. The van der Waals surface area contributed by atoms with Crippen LogP contribution < -0.4 is 20.7 Å². The third-order valence-electron chi connectivity index (χ3n) is 4.42. The van der Waals surface area contributed by atoms with Crippen molar-refractivity contribution in [2.75, 3.05) is 17.7 Å². The van der Waals surface area contributed by atoms with Crippen molar-refractivity contribution in [3.8, 4) is 5.75 Å². The van der Waals surface area contributed by atoms with Crippen molar-refractivity contribution in [3.63, 3.8) is 0 Å². The molecule has 1 aliphatic heterocycles. The second-order valence-electron chi connectivity index (χ2n) is 7.01. The minimum absolute atomic E-state index is 0.230. The number of methoxy groups -OCH3 is 1. The lowest BCUT2D eigenvalue weighted by molar-refractivity contribution is -0.121. The van der Waals surface area contributed by atoms with E-state index in [-0.39, 0.29) is 11.8 Å². The average Bonchev–Trinajstić information content (AvgIpc) is 2.64. The zero-order chi connectivity index (χ0) is 19.6. The molecular weight excluding hydrogens is 346 g/mol. The molecule has 1 heterocycles. The first kappa shape index (κ1) is 18.7. The molecule has 0 aliphatic carbocycles. The molecule has 1 atom stereocenters. The highest BCUT2D eigenvalue weighted by Crippen LogP contribution is 2.30. The van der Waals surface area contributed by atoms with Crippen LogP contribution in [0.25, 0.3) is 0 Å². The molecular formula is C20H23N3O4. The molecule has 3 rings (SSSR count). The van der Waals surface area contributed by atoms with Gasteiger partial charge in [0, 0.05) is 12.1 Å². The Labute approximate surface area is 157 Å². The van der Waals surface area contributed by atoms with Crippen LogP contribution in [0.3, 0.4) is 0 Å². The van der Waals surface area contributed by atoms with E-state index in [0.717, 1.165) is 11.3 Å². The molecule has 2 aromatic carbocycles. The predicted molar refractivity (Wildman–Crippen MR) is 103 cm³/mol. The highest BCUT2D eigenvalue weighted by molar-refractivity contribution is 6.05. The first-order valence-electron chi connectivity index (χ1n) is 8.63. The summed E-state index contributed by atoms with van der Waals surface area (Å²) in [5.41, 5.74) is 1.34. The molecule has 4 N–H and O–H groups in total. The summed E-state index contributed by atoms with van der Waals surface area (Å²) in [6.07, 6.45) is 0. The number of benzene rings is 2. The zero-order valence-electron chi connectivity index (χ0n) is 15.5. The van der Waals surface area contributed by atoms with Crippen molar-refractivity contribution in [1.29, 1.82) is 0 Å². The zero-order valence-corrected chi connectivity index (χ0v) is 15.5. The number of amides is 2. The maximum absolute atomic E-state index is 12.5. The molecule has 0 fully saturated rings. The minimum atomic E-state index is -1.24. The largest absolute Gasteiger partial charge is 0.497 e. The molecule has 0 spiro atoms. The number of carbonyl (C=O) groups excluding carboxylic acids is 2. The lowest BCUT2D eigenvalue weighted by atomic mass is 9.95. The summed E-state index contributed by atoms with van der Waals surface area (Å²) < 4.78 is 5.11. The molecule has 0 bridgehead atoms. The van der Waals surface area contributed by atoms with Gasteiger partial charge >= 0.3 is 0 Å². The van der Waals surface area contributed by atoms with Gasteiger partial charge in [-0.1, -0.05) is 12.1 Å². The smallest absolute Gasteiger partial charge is 0.251 e. The van der Waals surface area contributed by atoms with Gasteiger partial charge in [-0.15, -0.1) is 0 Å². The monoisotopic (exact) mass is 369 g/mol. The number of rotatable bonds is 5. The fourth-order valence-electron chi connectivity index (χ4n) is 2.87. The molecule has 1 aliphatic rings. The lowest BCUT2D eigenvalue weighted by Crippen LogP contribution is -2.52. The highest BCUT2D eigenvalue weighted by atomic mass is 16.5. The maximum Gasteiger partial charge on any atom is 0.251 e. The van der Waals surface area contributed by atoms with Crippen LogP contribution >= 0.6 is 0 Å². The van der Waals surface area contributed by atoms with Crippen LogP contribution in [0.15, 0.2) is 42.5 Å². The van der Waals surface area contributed by atoms with Crippen LogP contribution in [0.2, 0.25) is 0 Å². The summed E-state index contributed by atoms with van der Waals surface area (Å²) in [6, 6.07) is 11.6. The van der Waals surface area contributed by atoms with Crippen LogP contribution in [0.5, 0.6) is 5.75 Å². The van der Waals surface area contributed by atoms with Gasteiger partial charge in [0.25, 0.3) is 5.91 Å². The second kappa shape index (κ2) is 7.28. The van der Waals surface area contributed by atoms with Crippen LogP contribution in [0, 0.1) is 0 Å². The van der Waals surface area contributed by atoms with Crippen LogP contribution in [-0.4, -0.2) is 35.7 Å². The standard InChI is InChI=1S/C20H23N3O4/c1-20(2,26)17-19(25)23-15-9-6-13(10-16(15)22-17)18(24)21-11-12-4-7-14(27-3)8-5-12/h4-10,17,22,26H,11H2,1-3H3,(H,21,24)(H,23,25)/t17-/m1/s1. The first-order valence-corrected chi connectivity index (χ1v) is 8.63. The van der Waals surface area contributed by atoms with E-state index in [0.29, 0.717) is 23.5 Å². The third-order valence-corrected chi connectivity index (χ3v) is 4.42. The van der Waals surface area contributed by atoms with Gasteiger partial charge in [-0.2, -0.15) is 0 Å². The molecule has 0 aromatic heterocycles. The van der Waals surface area contributed by atoms with Gasteiger partial charge in [0.1, 0.15) is 11.8 Å². The highest BCUT2D eigenvalue weighted by Gasteiger charge is 2.37. The van der Waals surface area contributed by atoms with Crippen molar-refractivity contribution in [2.24, 2.45) is 0 Å². The van der Waals surface area contributed by atoms with Crippen molar-refractivity contribution >= 4 is 23.2 Å². The van der Waals surface area contributed by atoms with Gasteiger partial charge in [0.05, 0.1) is 24.1 Å². The van der Waals surface area contributed by atoms with E-state index in [4.69, 9.17) is 4.74 Å². The Kier molecular flexibility index (Phi) is 5.05. The number of nitrogens with one attached hydrogen (secondary N) is 3. The third kappa shape index (κ3) is 4.20. The van der Waals surface area contributed by atoms with E-state index in [1.807, 2.05) is 24.3 Å². The number of fused-ring (bicyclic) bond motifs is 1. The van der Waals surface area contributed by atoms with E-state index in [1.54, 1.807) is 39.2 Å². The number of carbonyl (C=O) groups is 2. The molecule has 7 heteroatoms. The minimum Gasteiger partial charge on any atom is -0.497 e. The Morgan fingerprint density at radius 2 is 1.89 bits per heavy atom. The van der Waals surface area contributed by atoms with Crippen LogP contribution in [0.1, 0.15) is 29.8 Å². The molecule has 27 heavy (non-hydrogen) atoms. The van der Waals surface area contributed by atoms with Gasteiger partial charge in [-0.3, -0.25) is 9.59 Å². The summed E-state index contributed by atoms with van der Waals surface area (Å²) in [4.78, 5) is 24.6. The van der Waals surface area contributed by atoms with Crippen molar-refractivity contribution < 1.29 is 19.4 Å². The number of hydrogen-bond acceptors (Lipinski definition) is 5. The average molecular weight is 369 g/mol. The molecule has 0 saturated heterocycles. The van der Waals surface area contributed by atoms with Gasteiger partial charge in [0.2, 0.25) is 5.91 Å². The molecule has 2 amide bonds. The number of aliphatic hydroxyl groups is 1. The van der Waals surface area contributed by atoms with Crippen molar-refractivity contribution in [3.05, 3.63) is 53.6 Å². The molecule has 7 nitrogen and oxygen atoms in total. The quantitative estimate of drug-likeness (QED) is 0.647. The van der Waals surface area contributed by atoms with Crippen molar-refractivity contribution in [2.45, 2.75) is 32.0 Å². The Morgan fingerprint density at radius 1 is 1.19 bits per heavy atom. The van der Waals surface area contributed by atoms with Gasteiger partial charge in [-0.25, -0.2) is 0 Å². The Hall–Kier alpha value is -3.06. The topological polar surface area (TPSA) is 99.7 Å². The Morgan fingerprint density at radius 3 is 2.52 bits per heavy atom. The molecule has 2 aromatic rings. The van der Waals surface area contributed by atoms with Gasteiger partial charge in [-0.05, 0) is 49.7 Å². The lowest BCUT2D eigenvalue weighted by Gasteiger charge is -2.34.